The van der Waals surface area contributed by atoms with Crippen LogP contribution in [0.5, 0.6) is 0 Å². The van der Waals surface area contributed by atoms with Gasteiger partial charge in [-0.3, -0.25) is 0 Å². The first-order chi connectivity index (χ1) is 7.49. The van der Waals surface area contributed by atoms with Crippen molar-refractivity contribution in [2.24, 2.45) is 5.92 Å². The Labute approximate surface area is 114 Å². The van der Waals surface area contributed by atoms with Gasteiger partial charge in [-0.25, -0.2) is 4.39 Å². The molecule has 0 saturated carbocycles. The molecule has 0 heterocycles. The second-order valence-electron chi connectivity index (χ2n) is 4.50. The second kappa shape index (κ2) is 6.75. The summed E-state index contributed by atoms with van der Waals surface area (Å²) >= 11 is 7.12. The molecule has 0 radical (unpaired) electrons. The topological polar surface area (TPSA) is 0 Å². The second-order valence-corrected chi connectivity index (χ2v) is 6.65. The Balaban J connectivity index is 2.51. The molecule has 1 aromatic rings. The SMILES string of the molecule is CC(C)CC(Br)CCc1cc(F)ccc1Br. The van der Waals surface area contributed by atoms with Crippen molar-refractivity contribution in [1.29, 1.82) is 0 Å². The van der Waals surface area contributed by atoms with Crippen molar-refractivity contribution in [3.8, 4) is 0 Å². The van der Waals surface area contributed by atoms with E-state index in [0.29, 0.717) is 10.7 Å². The summed E-state index contributed by atoms with van der Waals surface area (Å²) in [5.41, 5.74) is 1.05. The van der Waals surface area contributed by atoms with E-state index in [4.69, 9.17) is 0 Å². The van der Waals surface area contributed by atoms with Gasteiger partial charge in [-0.15, -0.1) is 0 Å². The van der Waals surface area contributed by atoms with E-state index in [9.17, 15) is 4.39 Å². The molecule has 0 aromatic heterocycles. The zero-order valence-electron chi connectivity index (χ0n) is 9.64. The van der Waals surface area contributed by atoms with Crippen LogP contribution in [0.4, 0.5) is 4.39 Å². The predicted octanol–water partition coefficient (Wildman–Crippen LogP) is 5.33. The van der Waals surface area contributed by atoms with E-state index in [0.717, 1.165) is 29.3 Å². The normalized spacial score (nSPS) is 13.1. The van der Waals surface area contributed by atoms with Gasteiger partial charge in [0.2, 0.25) is 0 Å². The van der Waals surface area contributed by atoms with Crippen LogP contribution >= 0.6 is 31.9 Å². The molecular weight excluding hydrogens is 335 g/mol. The lowest BCUT2D eigenvalue weighted by molar-refractivity contribution is 0.553. The molecule has 0 fully saturated rings. The van der Waals surface area contributed by atoms with Crippen LogP contribution in [0.3, 0.4) is 0 Å². The van der Waals surface area contributed by atoms with Crippen molar-refractivity contribution < 1.29 is 4.39 Å². The van der Waals surface area contributed by atoms with Crippen molar-refractivity contribution in [2.75, 3.05) is 0 Å². The average molecular weight is 352 g/mol. The molecule has 0 nitrogen and oxygen atoms in total. The number of alkyl halides is 1. The van der Waals surface area contributed by atoms with Crippen molar-refractivity contribution in [3.05, 3.63) is 34.1 Å². The van der Waals surface area contributed by atoms with Gasteiger partial charge in [0.1, 0.15) is 5.82 Å². The number of benzene rings is 1. The van der Waals surface area contributed by atoms with Crippen LogP contribution in [0.25, 0.3) is 0 Å². The number of aryl methyl sites for hydroxylation is 1. The molecule has 0 aliphatic heterocycles. The lowest BCUT2D eigenvalue weighted by Crippen LogP contribution is -2.04. The third-order valence-corrected chi connectivity index (χ3v) is 4.07. The lowest BCUT2D eigenvalue weighted by Gasteiger charge is -2.12. The third-order valence-electron chi connectivity index (χ3n) is 2.46. The first kappa shape index (κ1) is 14.2. The molecule has 0 spiro atoms. The first-order valence-electron chi connectivity index (χ1n) is 5.57. The van der Waals surface area contributed by atoms with Crippen LogP contribution in [0.2, 0.25) is 0 Å². The summed E-state index contributed by atoms with van der Waals surface area (Å²) in [5, 5.41) is 0. The van der Waals surface area contributed by atoms with E-state index < -0.39 is 0 Å². The zero-order valence-corrected chi connectivity index (χ0v) is 12.8. The van der Waals surface area contributed by atoms with Crippen LogP contribution in [0.15, 0.2) is 22.7 Å². The van der Waals surface area contributed by atoms with E-state index in [1.165, 1.54) is 6.07 Å². The summed E-state index contributed by atoms with van der Waals surface area (Å²) in [7, 11) is 0. The summed E-state index contributed by atoms with van der Waals surface area (Å²) < 4.78 is 14.0. The van der Waals surface area contributed by atoms with Gasteiger partial charge in [-0.1, -0.05) is 45.7 Å². The molecule has 1 atom stereocenters. The van der Waals surface area contributed by atoms with E-state index in [1.54, 1.807) is 12.1 Å². The minimum Gasteiger partial charge on any atom is -0.207 e. The molecule has 1 unspecified atom stereocenters. The smallest absolute Gasteiger partial charge is 0.123 e. The molecular formula is C13H17Br2F. The summed E-state index contributed by atoms with van der Waals surface area (Å²) in [6.07, 6.45) is 3.11. The Hall–Kier alpha value is 0.110. The lowest BCUT2D eigenvalue weighted by atomic mass is 10.0. The minimum atomic E-state index is -0.159. The van der Waals surface area contributed by atoms with Crippen molar-refractivity contribution in [1.82, 2.24) is 0 Å². The van der Waals surface area contributed by atoms with Gasteiger partial charge in [0.25, 0.3) is 0 Å². The fourth-order valence-electron chi connectivity index (χ4n) is 1.68. The molecule has 0 N–H and O–H groups in total. The van der Waals surface area contributed by atoms with Crippen LogP contribution in [-0.2, 0) is 6.42 Å². The van der Waals surface area contributed by atoms with Gasteiger partial charge >= 0.3 is 0 Å². The molecule has 1 rings (SSSR count). The Morgan fingerprint density at radius 3 is 2.62 bits per heavy atom. The molecule has 16 heavy (non-hydrogen) atoms. The van der Waals surface area contributed by atoms with Gasteiger partial charge in [0, 0.05) is 9.30 Å². The molecule has 0 saturated heterocycles. The average Bonchev–Trinajstić information content (AvgIpc) is 2.18. The number of halogens is 3. The van der Waals surface area contributed by atoms with Gasteiger partial charge in [0.05, 0.1) is 0 Å². The fraction of sp³-hybridized carbons (Fsp3) is 0.538. The summed E-state index contributed by atoms with van der Waals surface area (Å²) in [4.78, 5) is 0.516. The molecule has 0 bridgehead atoms. The van der Waals surface area contributed by atoms with Gasteiger partial charge in [-0.05, 0) is 48.9 Å². The van der Waals surface area contributed by atoms with E-state index in [1.807, 2.05) is 0 Å². The molecule has 1 aromatic carbocycles. The fourth-order valence-corrected chi connectivity index (χ4v) is 3.10. The van der Waals surface area contributed by atoms with E-state index in [2.05, 4.69) is 45.7 Å². The van der Waals surface area contributed by atoms with Crippen LogP contribution in [0.1, 0.15) is 32.3 Å². The van der Waals surface area contributed by atoms with Crippen LogP contribution in [-0.4, -0.2) is 4.83 Å². The van der Waals surface area contributed by atoms with Gasteiger partial charge in [-0.2, -0.15) is 0 Å². The highest BCUT2D eigenvalue weighted by Crippen LogP contribution is 2.23. The standard InChI is InChI=1S/C13H17Br2F/c1-9(2)7-11(14)4-3-10-8-12(16)5-6-13(10)15/h5-6,8-9,11H,3-4,7H2,1-2H3. The van der Waals surface area contributed by atoms with Crippen molar-refractivity contribution in [2.45, 2.75) is 37.9 Å². The van der Waals surface area contributed by atoms with Gasteiger partial charge in [0.15, 0.2) is 0 Å². The Morgan fingerprint density at radius 2 is 2.00 bits per heavy atom. The summed E-state index contributed by atoms with van der Waals surface area (Å²) in [6.45, 7) is 4.43. The van der Waals surface area contributed by atoms with Crippen molar-refractivity contribution in [3.63, 3.8) is 0 Å². The highest BCUT2D eigenvalue weighted by atomic mass is 79.9. The molecule has 0 aliphatic rings. The maximum absolute atomic E-state index is 13.0. The number of hydrogen-bond acceptors (Lipinski definition) is 0. The largest absolute Gasteiger partial charge is 0.207 e. The van der Waals surface area contributed by atoms with E-state index >= 15 is 0 Å². The predicted molar refractivity (Wildman–Crippen MR) is 74.6 cm³/mol. The highest BCUT2D eigenvalue weighted by molar-refractivity contribution is 9.10. The zero-order chi connectivity index (χ0) is 12.1. The van der Waals surface area contributed by atoms with Crippen LogP contribution in [0, 0.1) is 11.7 Å². The maximum atomic E-state index is 13.0. The number of hydrogen-bond donors (Lipinski definition) is 0. The Bertz CT molecular complexity index is 337. The quantitative estimate of drug-likeness (QED) is 0.629. The van der Waals surface area contributed by atoms with Gasteiger partial charge < -0.3 is 0 Å². The van der Waals surface area contributed by atoms with Crippen LogP contribution < -0.4 is 0 Å². The molecule has 90 valence electrons. The highest BCUT2D eigenvalue weighted by Gasteiger charge is 2.09. The summed E-state index contributed by atoms with van der Waals surface area (Å²) in [5.74, 6) is 0.536. The summed E-state index contributed by atoms with van der Waals surface area (Å²) in [6, 6.07) is 4.86. The van der Waals surface area contributed by atoms with E-state index in [-0.39, 0.29) is 5.82 Å². The minimum absolute atomic E-state index is 0.159. The first-order valence-corrected chi connectivity index (χ1v) is 7.28. The Kier molecular flexibility index (Phi) is 5.98. The molecule has 0 aliphatic carbocycles. The molecule has 3 heteroatoms. The Morgan fingerprint density at radius 1 is 1.31 bits per heavy atom. The third kappa shape index (κ3) is 4.96. The molecule has 0 amide bonds. The van der Waals surface area contributed by atoms with Crippen molar-refractivity contribution >= 4 is 31.9 Å². The maximum Gasteiger partial charge on any atom is 0.123 e. The number of rotatable bonds is 5. The monoisotopic (exact) mass is 350 g/mol.